The second-order valence-electron chi connectivity index (χ2n) is 4.58. The standard InChI is InChI=1S/C16H24O4/c1-2-3-4-5-6-7-8-9-11-14(16(19)20)12-10-13-15(17)18/h9-13H,2-8H2,1H3,(H,17,18)(H,19,20). The Balaban J connectivity index is 4.04. The molecule has 0 aliphatic carbocycles. The van der Waals surface area contributed by atoms with E-state index < -0.39 is 11.9 Å². The lowest BCUT2D eigenvalue weighted by molar-refractivity contribution is -0.133. The Morgan fingerprint density at radius 3 is 2.20 bits per heavy atom. The molecule has 2 N–H and O–H groups in total. The maximum Gasteiger partial charge on any atom is 0.335 e. The monoisotopic (exact) mass is 280 g/mol. The fraction of sp³-hybridized carbons (Fsp3) is 0.500. The number of carboxylic acid groups (broad SMARTS) is 2. The first kappa shape index (κ1) is 18.2. The van der Waals surface area contributed by atoms with E-state index in [-0.39, 0.29) is 5.57 Å². The lowest BCUT2D eigenvalue weighted by Crippen LogP contribution is -1.97. The van der Waals surface area contributed by atoms with Gasteiger partial charge in [0.05, 0.1) is 5.57 Å². The third kappa shape index (κ3) is 11.3. The predicted molar refractivity (Wildman–Crippen MR) is 79.6 cm³/mol. The molecule has 20 heavy (non-hydrogen) atoms. The average Bonchev–Trinajstić information content (AvgIpc) is 2.39. The molecule has 0 saturated heterocycles. The third-order valence-electron chi connectivity index (χ3n) is 2.78. The van der Waals surface area contributed by atoms with Gasteiger partial charge in [0, 0.05) is 6.08 Å². The smallest absolute Gasteiger partial charge is 0.335 e. The molecular weight excluding hydrogens is 256 g/mol. The summed E-state index contributed by atoms with van der Waals surface area (Å²) in [7, 11) is 0. The Morgan fingerprint density at radius 1 is 0.950 bits per heavy atom. The second-order valence-corrected chi connectivity index (χ2v) is 4.58. The van der Waals surface area contributed by atoms with Crippen LogP contribution in [0, 0.1) is 0 Å². The molecule has 0 amide bonds. The topological polar surface area (TPSA) is 74.6 Å². The molecule has 112 valence electrons. The van der Waals surface area contributed by atoms with E-state index in [2.05, 4.69) is 6.92 Å². The molecular formula is C16H24O4. The minimum absolute atomic E-state index is 0.0912. The molecule has 0 atom stereocenters. The van der Waals surface area contributed by atoms with Crippen molar-refractivity contribution in [2.24, 2.45) is 0 Å². The van der Waals surface area contributed by atoms with Crippen molar-refractivity contribution in [3.8, 4) is 0 Å². The summed E-state index contributed by atoms with van der Waals surface area (Å²) in [4.78, 5) is 21.2. The molecule has 0 aliphatic rings. The quantitative estimate of drug-likeness (QED) is 0.341. The molecule has 0 radical (unpaired) electrons. The van der Waals surface area contributed by atoms with Crippen LogP contribution in [0.2, 0.25) is 0 Å². The largest absolute Gasteiger partial charge is 0.478 e. The zero-order valence-corrected chi connectivity index (χ0v) is 12.0. The van der Waals surface area contributed by atoms with E-state index in [1.165, 1.54) is 43.9 Å². The van der Waals surface area contributed by atoms with Crippen LogP contribution < -0.4 is 0 Å². The van der Waals surface area contributed by atoms with E-state index in [1.54, 1.807) is 0 Å². The zero-order chi connectivity index (χ0) is 15.2. The number of hydrogen-bond donors (Lipinski definition) is 2. The summed E-state index contributed by atoms with van der Waals surface area (Å²) >= 11 is 0. The van der Waals surface area contributed by atoms with Crippen molar-refractivity contribution in [2.45, 2.75) is 51.9 Å². The van der Waals surface area contributed by atoms with Gasteiger partial charge in [0.25, 0.3) is 0 Å². The normalized spacial score (nSPS) is 12.3. The summed E-state index contributed by atoms with van der Waals surface area (Å²) < 4.78 is 0. The summed E-state index contributed by atoms with van der Waals surface area (Å²) in [6, 6.07) is 0. The molecule has 4 nitrogen and oxygen atoms in total. The highest BCUT2D eigenvalue weighted by Crippen LogP contribution is 2.08. The first-order valence-electron chi connectivity index (χ1n) is 7.09. The van der Waals surface area contributed by atoms with Crippen LogP contribution in [0.15, 0.2) is 36.0 Å². The molecule has 0 bridgehead atoms. The van der Waals surface area contributed by atoms with Crippen LogP contribution in [-0.2, 0) is 9.59 Å². The molecule has 0 saturated carbocycles. The van der Waals surface area contributed by atoms with Crippen molar-refractivity contribution in [3.05, 3.63) is 36.0 Å². The summed E-state index contributed by atoms with van der Waals surface area (Å²) in [5.74, 6) is -2.15. The van der Waals surface area contributed by atoms with Gasteiger partial charge in [-0.05, 0) is 18.9 Å². The Morgan fingerprint density at radius 2 is 1.60 bits per heavy atom. The number of carbonyl (C=O) groups is 2. The number of rotatable bonds is 11. The highest BCUT2D eigenvalue weighted by molar-refractivity contribution is 5.90. The highest BCUT2D eigenvalue weighted by Gasteiger charge is 2.00. The van der Waals surface area contributed by atoms with Gasteiger partial charge in [0.2, 0.25) is 0 Å². The summed E-state index contributed by atoms with van der Waals surface area (Å²) in [5, 5.41) is 17.4. The molecule has 0 aliphatic heterocycles. The fourth-order valence-electron chi connectivity index (χ4n) is 1.69. The third-order valence-corrected chi connectivity index (χ3v) is 2.78. The second kappa shape index (κ2) is 12.2. The molecule has 0 aromatic rings. The lowest BCUT2D eigenvalue weighted by atomic mass is 10.1. The van der Waals surface area contributed by atoms with Crippen molar-refractivity contribution in [3.63, 3.8) is 0 Å². The van der Waals surface area contributed by atoms with Crippen molar-refractivity contribution >= 4 is 11.9 Å². The average molecular weight is 280 g/mol. The Hall–Kier alpha value is -1.84. The van der Waals surface area contributed by atoms with Gasteiger partial charge in [-0.1, -0.05) is 57.3 Å². The van der Waals surface area contributed by atoms with E-state index in [4.69, 9.17) is 10.2 Å². The Kier molecular flexibility index (Phi) is 11.1. The number of hydrogen-bond acceptors (Lipinski definition) is 2. The van der Waals surface area contributed by atoms with Crippen LogP contribution >= 0.6 is 0 Å². The molecule has 0 fully saturated rings. The van der Waals surface area contributed by atoms with Gasteiger partial charge in [-0.25, -0.2) is 9.59 Å². The van der Waals surface area contributed by atoms with E-state index in [0.717, 1.165) is 25.3 Å². The Bertz CT molecular complexity index is 378. The van der Waals surface area contributed by atoms with Gasteiger partial charge in [0.1, 0.15) is 0 Å². The van der Waals surface area contributed by atoms with Crippen molar-refractivity contribution in [1.29, 1.82) is 0 Å². The number of allylic oxidation sites excluding steroid dienone is 3. The number of aliphatic carboxylic acids is 2. The zero-order valence-electron chi connectivity index (χ0n) is 12.0. The van der Waals surface area contributed by atoms with Crippen molar-refractivity contribution in [1.82, 2.24) is 0 Å². The summed E-state index contributed by atoms with van der Waals surface area (Å²) in [6.07, 6.45) is 14.8. The minimum Gasteiger partial charge on any atom is -0.478 e. The first-order chi connectivity index (χ1) is 9.57. The number of unbranched alkanes of at least 4 members (excludes halogenated alkanes) is 6. The minimum atomic E-state index is -1.10. The van der Waals surface area contributed by atoms with Gasteiger partial charge >= 0.3 is 11.9 Å². The van der Waals surface area contributed by atoms with Crippen molar-refractivity contribution < 1.29 is 19.8 Å². The fourth-order valence-corrected chi connectivity index (χ4v) is 1.69. The molecule has 0 aromatic heterocycles. The van der Waals surface area contributed by atoms with Crippen LogP contribution in [0.3, 0.4) is 0 Å². The molecule has 4 heteroatoms. The van der Waals surface area contributed by atoms with Gasteiger partial charge < -0.3 is 10.2 Å². The van der Waals surface area contributed by atoms with Gasteiger partial charge in [-0.2, -0.15) is 0 Å². The molecule has 0 rings (SSSR count). The van der Waals surface area contributed by atoms with E-state index in [1.807, 2.05) is 6.08 Å². The van der Waals surface area contributed by atoms with E-state index in [0.29, 0.717) is 0 Å². The Labute approximate surface area is 120 Å². The maximum atomic E-state index is 10.9. The molecule has 0 heterocycles. The van der Waals surface area contributed by atoms with Gasteiger partial charge in [-0.3, -0.25) is 0 Å². The lowest BCUT2D eigenvalue weighted by Gasteiger charge is -1.98. The van der Waals surface area contributed by atoms with Gasteiger partial charge in [0.15, 0.2) is 0 Å². The van der Waals surface area contributed by atoms with Crippen LogP contribution in [0.1, 0.15) is 51.9 Å². The van der Waals surface area contributed by atoms with Crippen LogP contribution in [-0.4, -0.2) is 22.2 Å². The van der Waals surface area contributed by atoms with Crippen molar-refractivity contribution in [2.75, 3.05) is 0 Å². The summed E-state index contributed by atoms with van der Waals surface area (Å²) in [6.45, 7) is 2.18. The maximum absolute atomic E-state index is 10.9. The SMILES string of the molecule is CCCCCCCCC=CC(=CC=CC(=O)O)C(=O)O. The predicted octanol–water partition coefficient (Wildman–Crippen LogP) is 3.95. The molecule has 0 spiro atoms. The molecule has 0 aromatic carbocycles. The van der Waals surface area contributed by atoms with Gasteiger partial charge in [-0.15, -0.1) is 0 Å². The highest BCUT2D eigenvalue weighted by atomic mass is 16.4. The summed E-state index contributed by atoms with van der Waals surface area (Å²) in [5.41, 5.74) is 0.0912. The number of carboxylic acids is 2. The van der Waals surface area contributed by atoms with Crippen LogP contribution in [0.4, 0.5) is 0 Å². The van der Waals surface area contributed by atoms with Crippen LogP contribution in [0.5, 0.6) is 0 Å². The molecule has 0 unspecified atom stereocenters. The first-order valence-corrected chi connectivity index (χ1v) is 7.09. The van der Waals surface area contributed by atoms with E-state index in [9.17, 15) is 9.59 Å². The van der Waals surface area contributed by atoms with E-state index >= 15 is 0 Å². The van der Waals surface area contributed by atoms with Crippen LogP contribution in [0.25, 0.3) is 0 Å².